The van der Waals surface area contributed by atoms with Crippen LogP contribution in [0.25, 0.3) is 0 Å². The Hall–Kier alpha value is -1.59. The van der Waals surface area contributed by atoms with Gasteiger partial charge in [-0.1, -0.05) is 6.42 Å². The second kappa shape index (κ2) is 5.59. The number of carbonyl (C=O) groups is 3. The summed E-state index contributed by atoms with van der Waals surface area (Å²) in [4.78, 5) is 34.8. The van der Waals surface area contributed by atoms with Crippen LogP contribution in [0.3, 0.4) is 0 Å². The van der Waals surface area contributed by atoms with Gasteiger partial charge in [-0.3, -0.25) is 14.4 Å². The largest absolute Gasteiger partial charge is 0.481 e. The molecule has 106 valence electrons. The highest BCUT2D eigenvalue weighted by Crippen LogP contribution is 2.32. The molecule has 19 heavy (non-hydrogen) atoms. The van der Waals surface area contributed by atoms with Crippen molar-refractivity contribution in [2.24, 2.45) is 11.8 Å². The summed E-state index contributed by atoms with van der Waals surface area (Å²) in [6.45, 7) is 1.63. The van der Waals surface area contributed by atoms with Gasteiger partial charge in [0.15, 0.2) is 0 Å². The molecule has 0 aromatic carbocycles. The molecule has 6 nitrogen and oxygen atoms in total. The van der Waals surface area contributed by atoms with E-state index in [9.17, 15) is 14.4 Å². The lowest BCUT2D eigenvalue weighted by atomic mass is 9.95. The minimum absolute atomic E-state index is 0.194. The van der Waals surface area contributed by atoms with Gasteiger partial charge in [0.1, 0.15) is 6.04 Å². The summed E-state index contributed by atoms with van der Waals surface area (Å²) >= 11 is 0. The summed E-state index contributed by atoms with van der Waals surface area (Å²) in [7, 11) is 0. The fourth-order valence-corrected chi connectivity index (χ4v) is 2.51. The number of rotatable bonds is 5. The van der Waals surface area contributed by atoms with Crippen molar-refractivity contribution >= 4 is 17.8 Å². The predicted octanol–water partition coefficient (Wildman–Crippen LogP) is 0.271. The van der Waals surface area contributed by atoms with Crippen molar-refractivity contribution in [2.75, 3.05) is 0 Å². The average Bonchev–Trinajstić information content (AvgIpc) is 3.01. The lowest BCUT2D eigenvalue weighted by Gasteiger charge is -2.19. The summed E-state index contributed by atoms with van der Waals surface area (Å²) in [5.74, 6) is -2.55. The third kappa shape index (κ3) is 3.45. The molecule has 0 aromatic rings. The topological polar surface area (TPSA) is 95.5 Å². The number of carboxylic acid groups (broad SMARTS) is 1. The van der Waals surface area contributed by atoms with E-state index in [2.05, 4.69) is 10.6 Å². The van der Waals surface area contributed by atoms with Crippen LogP contribution >= 0.6 is 0 Å². The van der Waals surface area contributed by atoms with Gasteiger partial charge in [-0.25, -0.2) is 0 Å². The number of amides is 2. The molecule has 2 saturated carbocycles. The highest BCUT2D eigenvalue weighted by Gasteiger charge is 2.38. The van der Waals surface area contributed by atoms with Crippen LogP contribution in [0.2, 0.25) is 0 Å². The van der Waals surface area contributed by atoms with E-state index in [0.29, 0.717) is 12.8 Å². The molecule has 2 amide bonds. The van der Waals surface area contributed by atoms with Crippen LogP contribution in [-0.2, 0) is 14.4 Å². The summed E-state index contributed by atoms with van der Waals surface area (Å²) in [6.07, 6.45) is 3.86. The van der Waals surface area contributed by atoms with E-state index >= 15 is 0 Å². The van der Waals surface area contributed by atoms with Crippen molar-refractivity contribution in [3.05, 3.63) is 0 Å². The summed E-state index contributed by atoms with van der Waals surface area (Å²) in [5.41, 5.74) is 0. The van der Waals surface area contributed by atoms with Gasteiger partial charge >= 0.3 is 5.97 Å². The maximum absolute atomic E-state index is 12.0. The molecule has 0 aromatic heterocycles. The smallest absolute Gasteiger partial charge is 0.307 e. The summed E-state index contributed by atoms with van der Waals surface area (Å²) < 4.78 is 0. The Labute approximate surface area is 111 Å². The third-order valence-corrected chi connectivity index (χ3v) is 3.85. The molecule has 3 unspecified atom stereocenters. The zero-order valence-electron chi connectivity index (χ0n) is 11.0. The number of nitrogens with one attached hydrogen (secondary N) is 2. The molecule has 3 N–H and O–H groups in total. The molecule has 2 fully saturated rings. The molecule has 6 heteroatoms. The number of hydrogen-bond donors (Lipinski definition) is 3. The molecule has 0 radical (unpaired) electrons. The maximum Gasteiger partial charge on any atom is 0.307 e. The van der Waals surface area contributed by atoms with E-state index < -0.39 is 23.8 Å². The first-order valence-corrected chi connectivity index (χ1v) is 6.82. The second-order valence-electron chi connectivity index (χ2n) is 5.50. The Balaban J connectivity index is 1.85. The number of carboxylic acids is 1. The van der Waals surface area contributed by atoms with Gasteiger partial charge in [0.05, 0.1) is 11.8 Å². The fourth-order valence-electron chi connectivity index (χ4n) is 2.51. The monoisotopic (exact) mass is 268 g/mol. The molecule has 2 aliphatic carbocycles. The molecular weight excluding hydrogens is 248 g/mol. The maximum atomic E-state index is 12.0. The van der Waals surface area contributed by atoms with E-state index in [0.717, 1.165) is 19.3 Å². The number of hydrogen-bond acceptors (Lipinski definition) is 3. The molecule has 0 bridgehead atoms. The summed E-state index contributed by atoms with van der Waals surface area (Å²) in [6, 6.07) is -0.353. The first kappa shape index (κ1) is 13.8. The minimum atomic E-state index is -0.923. The Morgan fingerprint density at radius 1 is 1.11 bits per heavy atom. The van der Waals surface area contributed by atoms with Crippen molar-refractivity contribution in [3.8, 4) is 0 Å². The third-order valence-electron chi connectivity index (χ3n) is 3.85. The average molecular weight is 268 g/mol. The van der Waals surface area contributed by atoms with Crippen LogP contribution in [0, 0.1) is 11.8 Å². The summed E-state index contributed by atoms with van der Waals surface area (Å²) in [5, 5.41) is 14.5. The first-order chi connectivity index (χ1) is 8.99. The highest BCUT2D eigenvalue weighted by atomic mass is 16.4. The zero-order valence-corrected chi connectivity index (χ0v) is 11.0. The van der Waals surface area contributed by atoms with Gasteiger partial charge in [0.2, 0.25) is 11.8 Å². The van der Waals surface area contributed by atoms with Crippen molar-refractivity contribution in [1.29, 1.82) is 0 Å². The van der Waals surface area contributed by atoms with Crippen LogP contribution in [-0.4, -0.2) is 35.0 Å². The highest BCUT2D eigenvalue weighted by molar-refractivity contribution is 5.90. The molecular formula is C13H20N2O4. The second-order valence-corrected chi connectivity index (χ2v) is 5.50. The Morgan fingerprint density at radius 2 is 1.74 bits per heavy atom. The predicted molar refractivity (Wildman–Crippen MR) is 67.2 cm³/mol. The molecule has 2 aliphatic rings. The van der Waals surface area contributed by atoms with Gasteiger partial charge < -0.3 is 15.7 Å². The van der Waals surface area contributed by atoms with E-state index in [1.165, 1.54) is 0 Å². The molecule has 0 aliphatic heterocycles. The van der Waals surface area contributed by atoms with Crippen LogP contribution in [0.15, 0.2) is 0 Å². The van der Waals surface area contributed by atoms with E-state index in [-0.39, 0.29) is 17.9 Å². The van der Waals surface area contributed by atoms with Crippen LogP contribution in [0.5, 0.6) is 0 Å². The van der Waals surface area contributed by atoms with Crippen LogP contribution in [0.4, 0.5) is 0 Å². The van der Waals surface area contributed by atoms with Crippen molar-refractivity contribution in [1.82, 2.24) is 10.6 Å². The Kier molecular flexibility index (Phi) is 4.07. The van der Waals surface area contributed by atoms with Gasteiger partial charge in [-0.2, -0.15) is 0 Å². The van der Waals surface area contributed by atoms with Crippen molar-refractivity contribution in [3.63, 3.8) is 0 Å². The first-order valence-electron chi connectivity index (χ1n) is 6.82. The molecule has 3 atom stereocenters. The van der Waals surface area contributed by atoms with Gasteiger partial charge in [-0.15, -0.1) is 0 Å². The molecule has 0 heterocycles. The van der Waals surface area contributed by atoms with Gasteiger partial charge in [0.25, 0.3) is 0 Å². The SMILES string of the molecule is CC(NC(=O)C1CCCC1C(=O)O)C(=O)NC1CC1. The number of aliphatic carboxylic acids is 1. The zero-order chi connectivity index (χ0) is 14.0. The van der Waals surface area contributed by atoms with E-state index in [4.69, 9.17) is 5.11 Å². The van der Waals surface area contributed by atoms with Crippen LogP contribution < -0.4 is 10.6 Å². The minimum Gasteiger partial charge on any atom is -0.481 e. The Morgan fingerprint density at radius 3 is 2.32 bits per heavy atom. The fraction of sp³-hybridized carbons (Fsp3) is 0.769. The molecule has 2 rings (SSSR count). The van der Waals surface area contributed by atoms with E-state index in [1.54, 1.807) is 6.92 Å². The van der Waals surface area contributed by atoms with Crippen molar-refractivity contribution in [2.45, 2.75) is 51.1 Å². The van der Waals surface area contributed by atoms with Gasteiger partial charge in [0, 0.05) is 6.04 Å². The lowest BCUT2D eigenvalue weighted by molar-refractivity contribution is -0.146. The van der Waals surface area contributed by atoms with Crippen molar-refractivity contribution < 1.29 is 19.5 Å². The Bertz CT molecular complexity index is 392. The molecule has 0 spiro atoms. The van der Waals surface area contributed by atoms with Gasteiger partial charge in [-0.05, 0) is 32.6 Å². The lowest BCUT2D eigenvalue weighted by Crippen LogP contribution is -2.48. The van der Waals surface area contributed by atoms with Crippen LogP contribution in [0.1, 0.15) is 39.0 Å². The normalized spacial score (nSPS) is 27.6. The number of carbonyl (C=O) groups excluding carboxylic acids is 2. The quantitative estimate of drug-likeness (QED) is 0.667. The standard InChI is InChI=1S/C13H20N2O4/c1-7(11(16)15-8-5-6-8)14-12(17)9-3-2-4-10(9)13(18)19/h7-10H,2-6H2,1H3,(H,14,17)(H,15,16)(H,18,19). The van der Waals surface area contributed by atoms with E-state index in [1.807, 2.05) is 0 Å². The molecule has 0 saturated heterocycles.